The van der Waals surface area contributed by atoms with Gasteiger partial charge in [-0.3, -0.25) is 4.79 Å². The van der Waals surface area contributed by atoms with Crippen LogP contribution in [0.1, 0.15) is 159 Å². The molecule has 0 aliphatic rings. The van der Waals surface area contributed by atoms with Crippen LogP contribution in [0.25, 0.3) is 10.8 Å². The summed E-state index contributed by atoms with van der Waals surface area (Å²) in [5.74, 6) is 2.11. The summed E-state index contributed by atoms with van der Waals surface area (Å²) < 4.78 is 12.3. The van der Waals surface area contributed by atoms with Gasteiger partial charge in [-0.25, -0.2) is 0 Å². The molecule has 0 fully saturated rings. The zero-order chi connectivity index (χ0) is 32.0. The molecule has 1 atom stereocenters. The van der Waals surface area contributed by atoms with E-state index in [4.69, 9.17) is 9.47 Å². The first kappa shape index (κ1) is 36.7. The average molecular weight is 615 g/mol. The quantitative estimate of drug-likeness (QED) is 0.0666. The summed E-state index contributed by atoms with van der Waals surface area (Å²) in [5.41, 5.74) is 1.86. The number of ether oxygens (including phenoxy) is 2. The van der Waals surface area contributed by atoms with Crippen molar-refractivity contribution in [1.82, 2.24) is 0 Å². The van der Waals surface area contributed by atoms with Gasteiger partial charge in [0.15, 0.2) is 5.78 Å². The van der Waals surface area contributed by atoms with E-state index in [1.54, 1.807) is 0 Å². The lowest BCUT2D eigenvalue weighted by molar-refractivity contribution is 0.0922. The molecule has 45 heavy (non-hydrogen) atoms. The SMILES string of the molecule is CCCCCCCCCCCCCCCCOc1ccc2c(OCc3ccc(C(=O)[C@H](C)CCCCCC)cc3)cccc2c1. The topological polar surface area (TPSA) is 35.5 Å². The highest BCUT2D eigenvalue weighted by molar-refractivity contribution is 5.97. The van der Waals surface area contributed by atoms with E-state index in [9.17, 15) is 4.79 Å². The molecule has 0 unspecified atom stereocenters. The van der Waals surface area contributed by atoms with E-state index >= 15 is 0 Å². The molecule has 0 bridgehead atoms. The Morgan fingerprint density at radius 2 is 1.20 bits per heavy atom. The molecule has 3 rings (SSSR count). The Morgan fingerprint density at radius 1 is 0.622 bits per heavy atom. The molecule has 0 aliphatic carbocycles. The van der Waals surface area contributed by atoms with Crippen LogP contribution in [0.15, 0.2) is 60.7 Å². The third-order valence-electron chi connectivity index (χ3n) is 9.15. The normalized spacial score (nSPS) is 12.0. The lowest BCUT2D eigenvalue weighted by Gasteiger charge is -2.13. The van der Waals surface area contributed by atoms with Crippen LogP contribution in [0.3, 0.4) is 0 Å². The van der Waals surface area contributed by atoms with Crippen LogP contribution >= 0.6 is 0 Å². The van der Waals surface area contributed by atoms with Crippen molar-refractivity contribution in [3.63, 3.8) is 0 Å². The first-order valence-corrected chi connectivity index (χ1v) is 18.5. The first-order valence-electron chi connectivity index (χ1n) is 18.5. The van der Waals surface area contributed by atoms with Crippen LogP contribution in [0.4, 0.5) is 0 Å². The molecule has 0 saturated carbocycles. The molecule has 0 N–H and O–H groups in total. The van der Waals surface area contributed by atoms with Crippen LogP contribution in [-0.2, 0) is 6.61 Å². The minimum atomic E-state index is 0.0766. The van der Waals surface area contributed by atoms with E-state index in [0.29, 0.717) is 6.61 Å². The Hall–Kier alpha value is -2.81. The van der Waals surface area contributed by atoms with Crippen molar-refractivity contribution in [3.8, 4) is 11.5 Å². The average Bonchev–Trinajstić information content (AvgIpc) is 3.07. The molecule has 0 radical (unpaired) electrons. The summed E-state index contributed by atoms with van der Waals surface area (Å²) in [6.45, 7) is 7.80. The molecule has 0 amide bonds. The second-order valence-electron chi connectivity index (χ2n) is 13.2. The zero-order valence-corrected chi connectivity index (χ0v) is 28.9. The van der Waals surface area contributed by atoms with E-state index in [1.807, 2.05) is 36.4 Å². The largest absolute Gasteiger partial charge is 0.494 e. The van der Waals surface area contributed by atoms with E-state index < -0.39 is 0 Å². The van der Waals surface area contributed by atoms with Crippen LogP contribution in [-0.4, -0.2) is 12.4 Å². The predicted octanol–water partition coefficient (Wildman–Crippen LogP) is 13.1. The molecule has 3 aromatic rings. The summed E-state index contributed by atoms with van der Waals surface area (Å²) >= 11 is 0. The third-order valence-corrected chi connectivity index (χ3v) is 9.15. The molecule has 0 aliphatic heterocycles. The number of hydrogen-bond donors (Lipinski definition) is 0. The summed E-state index contributed by atoms with van der Waals surface area (Å²) in [5, 5.41) is 2.21. The maximum atomic E-state index is 12.8. The van der Waals surface area contributed by atoms with Gasteiger partial charge in [-0.15, -0.1) is 0 Å². The highest BCUT2D eigenvalue weighted by Gasteiger charge is 2.15. The molecule has 0 saturated heterocycles. The van der Waals surface area contributed by atoms with Gasteiger partial charge in [-0.1, -0.05) is 166 Å². The smallest absolute Gasteiger partial charge is 0.165 e. The summed E-state index contributed by atoms with van der Waals surface area (Å²) in [6.07, 6.45) is 24.9. The maximum absolute atomic E-state index is 12.8. The predicted molar refractivity (Wildman–Crippen MR) is 193 cm³/mol. The summed E-state index contributed by atoms with van der Waals surface area (Å²) in [4.78, 5) is 12.8. The van der Waals surface area contributed by atoms with Gasteiger partial charge in [0.05, 0.1) is 6.61 Å². The third kappa shape index (κ3) is 14.4. The fourth-order valence-electron chi connectivity index (χ4n) is 6.15. The number of carbonyl (C=O) groups is 1. The van der Waals surface area contributed by atoms with Crippen molar-refractivity contribution in [2.24, 2.45) is 5.92 Å². The number of fused-ring (bicyclic) bond motifs is 1. The molecule has 3 heteroatoms. The number of unbranched alkanes of at least 4 members (excludes halogenated alkanes) is 16. The number of ketones is 1. The fourth-order valence-corrected chi connectivity index (χ4v) is 6.15. The Morgan fingerprint density at radius 3 is 1.82 bits per heavy atom. The number of rotatable bonds is 26. The molecule has 248 valence electrons. The van der Waals surface area contributed by atoms with Gasteiger partial charge in [0.2, 0.25) is 0 Å². The minimum absolute atomic E-state index is 0.0766. The number of carbonyl (C=O) groups excluding carboxylic acids is 1. The molecular formula is C42H62O3. The van der Waals surface area contributed by atoms with Crippen LogP contribution in [0, 0.1) is 5.92 Å². The van der Waals surface area contributed by atoms with Crippen molar-refractivity contribution >= 4 is 16.6 Å². The molecule has 0 heterocycles. The second-order valence-corrected chi connectivity index (χ2v) is 13.2. The highest BCUT2D eigenvalue weighted by atomic mass is 16.5. The highest BCUT2D eigenvalue weighted by Crippen LogP contribution is 2.30. The van der Waals surface area contributed by atoms with Gasteiger partial charge >= 0.3 is 0 Å². The van der Waals surface area contributed by atoms with Crippen molar-refractivity contribution < 1.29 is 14.3 Å². The molecule has 0 aromatic heterocycles. The van der Waals surface area contributed by atoms with Gasteiger partial charge in [0.25, 0.3) is 0 Å². The maximum Gasteiger partial charge on any atom is 0.165 e. The van der Waals surface area contributed by atoms with E-state index in [-0.39, 0.29) is 11.7 Å². The van der Waals surface area contributed by atoms with E-state index in [0.717, 1.165) is 59.3 Å². The molecular weight excluding hydrogens is 552 g/mol. The van der Waals surface area contributed by atoms with Gasteiger partial charge in [0.1, 0.15) is 18.1 Å². The summed E-state index contributed by atoms with van der Waals surface area (Å²) in [7, 11) is 0. The number of hydrogen-bond acceptors (Lipinski definition) is 3. The lowest BCUT2D eigenvalue weighted by atomic mass is 9.93. The second kappa shape index (κ2) is 22.7. The van der Waals surface area contributed by atoms with E-state index in [1.165, 1.54) is 103 Å². The van der Waals surface area contributed by atoms with Gasteiger partial charge in [-0.05, 0) is 48.1 Å². The minimum Gasteiger partial charge on any atom is -0.494 e. The standard InChI is InChI=1S/C42H62O3/c1-4-6-8-10-11-12-13-14-15-16-17-18-19-21-32-44-39-30-31-40-38(33-39)24-22-25-41(40)45-34-36-26-28-37(29-27-36)42(43)35(3)23-20-9-7-5-2/h22,24-31,33,35H,4-21,23,32,34H2,1-3H3/t35-/m1/s1. The van der Waals surface area contributed by atoms with Crippen LogP contribution < -0.4 is 9.47 Å². The summed E-state index contributed by atoms with van der Waals surface area (Å²) in [6, 6.07) is 20.4. The Labute approximate surface area is 275 Å². The van der Waals surface area contributed by atoms with Gasteiger partial charge in [-0.2, -0.15) is 0 Å². The number of Topliss-reactive ketones (excluding diaryl/α,β-unsaturated/α-hetero) is 1. The molecule has 3 aromatic carbocycles. The van der Waals surface area contributed by atoms with Crippen LogP contribution in [0.5, 0.6) is 11.5 Å². The van der Waals surface area contributed by atoms with Crippen molar-refractivity contribution in [1.29, 1.82) is 0 Å². The van der Waals surface area contributed by atoms with Gasteiger partial charge in [0, 0.05) is 16.9 Å². The van der Waals surface area contributed by atoms with Crippen LogP contribution in [0.2, 0.25) is 0 Å². The zero-order valence-electron chi connectivity index (χ0n) is 28.9. The van der Waals surface area contributed by atoms with Crippen molar-refractivity contribution in [2.45, 2.75) is 149 Å². The Balaban J connectivity index is 1.32. The number of benzene rings is 3. The fraction of sp³-hybridized carbons (Fsp3) is 0.595. The lowest BCUT2D eigenvalue weighted by Crippen LogP contribution is -2.11. The molecule has 0 spiro atoms. The van der Waals surface area contributed by atoms with Crippen molar-refractivity contribution in [2.75, 3.05) is 6.61 Å². The van der Waals surface area contributed by atoms with Gasteiger partial charge < -0.3 is 9.47 Å². The van der Waals surface area contributed by atoms with E-state index in [2.05, 4.69) is 45.0 Å². The Kier molecular flexibility index (Phi) is 18.5. The molecule has 3 nitrogen and oxygen atoms in total. The Bertz CT molecular complexity index is 1200. The monoisotopic (exact) mass is 614 g/mol. The van der Waals surface area contributed by atoms with Crippen molar-refractivity contribution in [3.05, 3.63) is 71.8 Å². The first-order chi connectivity index (χ1) is 22.1.